The molecular weight excluding hydrogens is 1070 g/mol. The van der Waals surface area contributed by atoms with Crippen LogP contribution in [0.4, 0.5) is 0 Å². The number of hydrogen-bond acceptors (Lipinski definition) is 4. The lowest BCUT2D eigenvalue weighted by atomic mass is 9.79. The zero-order chi connectivity index (χ0) is 62.8. The van der Waals surface area contributed by atoms with E-state index in [-0.39, 0.29) is 32.5 Å². The van der Waals surface area contributed by atoms with Gasteiger partial charge in [0.25, 0.3) is 0 Å². The van der Waals surface area contributed by atoms with Crippen molar-refractivity contribution in [3.05, 3.63) is 221 Å². The zero-order valence-electron chi connectivity index (χ0n) is 55.0. The molecule has 0 N–H and O–H groups in total. The van der Waals surface area contributed by atoms with Crippen molar-refractivity contribution in [1.82, 2.24) is 24.1 Å². The summed E-state index contributed by atoms with van der Waals surface area (Å²) in [4.78, 5) is 16.9. The summed E-state index contributed by atoms with van der Waals surface area (Å²) in [6, 6.07) is 69.7. The molecule has 12 rings (SSSR count). The summed E-state index contributed by atoms with van der Waals surface area (Å²) in [5, 5.41) is 15.1. The van der Waals surface area contributed by atoms with E-state index in [1.54, 1.807) is 0 Å². The number of rotatable bonds is 7. The molecule has 9 aromatic carbocycles. The number of benzene rings is 9. The van der Waals surface area contributed by atoms with Crippen molar-refractivity contribution >= 4 is 43.6 Å². The van der Waals surface area contributed by atoms with Gasteiger partial charge in [0.2, 0.25) is 0 Å². The zero-order valence-corrected chi connectivity index (χ0v) is 55.0. The topological polar surface area (TPSA) is 72.3 Å². The van der Waals surface area contributed by atoms with E-state index in [0.29, 0.717) is 23.0 Å². The molecule has 0 aliphatic carbocycles. The van der Waals surface area contributed by atoms with Crippen molar-refractivity contribution < 1.29 is 0 Å². The summed E-state index contributed by atoms with van der Waals surface area (Å²) >= 11 is 0. The standard InChI is InChI=1S/C82H84N6/c1-77(2,3)56-32-36-72-66(47-56)62-26-19-21-28-68(62)87(72)70-34-30-52(51-25-23-24-50(38-51)49-83)43-64(70)65-44-53(31-35-71(65)88-69-29-22-20-27-63(69)67-48-57(78(4,5)6)33-37-73(67)88)74-84-75(54-39-58(79(7,8)9)45-59(40-54)80(10,11)12)86-76(85-74)55-41-60(81(13,14)15)46-61(42-55)82(16,17)18/h19-48H,1-18H3. The maximum absolute atomic E-state index is 10.3. The van der Waals surface area contributed by atoms with Crippen LogP contribution in [0.2, 0.25) is 0 Å². The summed E-state index contributed by atoms with van der Waals surface area (Å²) < 4.78 is 4.93. The Kier molecular flexibility index (Phi) is 14.3. The van der Waals surface area contributed by atoms with E-state index in [1.165, 1.54) is 54.9 Å². The molecule has 0 spiro atoms. The van der Waals surface area contributed by atoms with Crippen molar-refractivity contribution in [2.75, 3.05) is 0 Å². The first kappa shape index (κ1) is 59.4. The molecule has 0 aliphatic rings. The highest BCUT2D eigenvalue weighted by Gasteiger charge is 2.29. The largest absolute Gasteiger partial charge is 0.309 e. The highest BCUT2D eigenvalue weighted by Crippen LogP contribution is 2.46. The molecule has 442 valence electrons. The summed E-state index contributed by atoms with van der Waals surface area (Å²) in [6.45, 7) is 41.1. The molecule has 0 unspecified atom stereocenters. The average molecular weight is 1150 g/mol. The van der Waals surface area contributed by atoms with Gasteiger partial charge in [-0.1, -0.05) is 203 Å². The second-order valence-corrected chi connectivity index (χ2v) is 30.7. The molecule has 0 fully saturated rings. The molecule has 6 heteroatoms. The molecule has 0 bridgehead atoms. The lowest BCUT2D eigenvalue weighted by Gasteiger charge is -2.26. The van der Waals surface area contributed by atoms with Gasteiger partial charge in [-0.15, -0.1) is 0 Å². The first-order valence-electron chi connectivity index (χ1n) is 31.3. The van der Waals surface area contributed by atoms with Crippen molar-refractivity contribution in [2.24, 2.45) is 0 Å². The lowest BCUT2D eigenvalue weighted by Crippen LogP contribution is -2.17. The number of fused-ring (bicyclic) bond motifs is 6. The Balaban J connectivity index is 1.23. The highest BCUT2D eigenvalue weighted by molar-refractivity contribution is 6.12. The maximum Gasteiger partial charge on any atom is 0.164 e. The third-order valence-electron chi connectivity index (χ3n) is 17.9. The van der Waals surface area contributed by atoms with Crippen LogP contribution in [0.3, 0.4) is 0 Å². The Labute approximate surface area is 522 Å². The van der Waals surface area contributed by atoms with Gasteiger partial charge in [-0.05, 0) is 180 Å². The Morgan fingerprint density at radius 2 is 0.636 bits per heavy atom. The molecule has 0 amide bonds. The van der Waals surface area contributed by atoms with Crippen LogP contribution in [0, 0.1) is 11.3 Å². The van der Waals surface area contributed by atoms with Crippen LogP contribution in [0.5, 0.6) is 0 Å². The Bertz CT molecular complexity index is 4640. The first-order valence-corrected chi connectivity index (χ1v) is 31.3. The lowest BCUT2D eigenvalue weighted by molar-refractivity contribution is 0.568. The molecule has 3 heterocycles. The molecule has 0 atom stereocenters. The van der Waals surface area contributed by atoms with Gasteiger partial charge in [0.1, 0.15) is 0 Å². The van der Waals surface area contributed by atoms with Crippen molar-refractivity contribution in [3.8, 4) is 73.9 Å². The minimum atomic E-state index is -0.142. The Morgan fingerprint density at radius 1 is 0.284 bits per heavy atom. The predicted molar refractivity (Wildman–Crippen MR) is 373 cm³/mol. The average Bonchev–Trinajstić information content (AvgIpc) is 1.54. The SMILES string of the molecule is CC(C)(C)c1cc(-c2nc(-c3cc(C(C)(C)C)cc(C(C)(C)C)c3)nc(-c3ccc(-n4c5ccccc5c5cc(C(C)(C)C)ccc54)c(-c4cc(-c5cccc(C#N)c5)ccc4-n4c5ccccc5c5cc(C(C)(C)C)ccc54)c3)n2)cc(C(C)(C)C)c1. The van der Waals surface area contributed by atoms with Gasteiger partial charge in [-0.25, -0.2) is 15.0 Å². The van der Waals surface area contributed by atoms with Crippen molar-refractivity contribution in [2.45, 2.75) is 157 Å². The third-order valence-corrected chi connectivity index (χ3v) is 17.9. The van der Waals surface area contributed by atoms with Crippen LogP contribution in [0.1, 0.15) is 164 Å². The quantitative estimate of drug-likeness (QED) is 0.159. The molecule has 3 aromatic heterocycles. The highest BCUT2D eigenvalue weighted by atomic mass is 15.0. The van der Waals surface area contributed by atoms with Crippen LogP contribution in [-0.2, 0) is 32.5 Å². The summed E-state index contributed by atoms with van der Waals surface area (Å²) in [7, 11) is 0. The Hall–Kier alpha value is -8.92. The van der Waals surface area contributed by atoms with Crippen molar-refractivity contribution in [1.29, 1.82) is 5.26 Å². The van der Waals surface area contributed by atoms with E-state index in [2.05, 4.69) is 304 Å². The Morgan fingerprint density at radius 3 is 1.03 bits per heavy atom. The van der Waals surface area contributed by atoms with Gasteiger partial charge in [-0.2, -0.15) is 5.26 Å². The summed E-state index contributed by atoms with van der Waals surface area (Å²) in [6.07, 6.45) is 0. The second-order valence-electron chi connectivity index (χ2n) is 30.7. The van der Waals surface area contributed by atoms with Crippen LogP contribution < -0.4 is 0 Å². The molecule has 0 radical (unpaired) electrons. The normalized spacial score (nSPS) is 12.9. The minimum absolute atomic E-state index is 0.0588. The number of hydrogen-bond donors (Lipinski definition) is 0. The second kappa shape index (κ2) is 21.2. The molecule has 88 heavy (non-hydrogen) atoms. The van der Waals surface area contributed by atoms with Crippen LogP contribution in [-0.4, -0.2) is 24.1 Å². The molecular formula is C82H84N6. The maximum atomic E-state index is 10.3. The smallest absolute Gasteiger partial charge is 0.164 e. The van der Waals surface area contributed by atoms with Crippen molar-refractivity contribution in [3.63, 3.8) is 0 Å². The van der Waals surface area contributed by atoms with E-state index >= 15 is 0 Å². The van der Waals surface area contributed by atoms with E-state index in [1.807, 2.05) is 18.2 Å². The van der Waals surface area contributed by atoms with E-state index in [0.717, 1.165) is 72.4 Å². The monoisotopic (exact) mass is 1150 g/mol. The number of aromatic nitrogens is 5. The fraction of sp³-hybridized carbons (Fsp3) is 0.293. The van der Waals surface area contributed by atoms with Gasteiger partial charge in [0.15, 0.2) is 17.5 Å². The predicted octanol–water partition coefficient (Wildman–Crippen LogP) is 22.1. The summed E-state index contributed by atoms with van der Waals surface area (Å²) in [5.74, 6) is 1.82. The fourth-order valence-corrected chi connectivity index (χ4v) is 12.4. The van der Waals surface area contributed by atoms with Crippen LogP contribution in [0.25, 0.3) is 111 Å². The number of para-hydroxylation sites is 2. The van der Waals surface area contributed by atoms with E-state index in [4.69, 9.17) is 15.0 Å². The number of nitriles is 1. The minimum Gasteiger partial charge on any atom is -0.309 e. The van der Waals surface area contributed by atoms with E-state index < -0.39 is 0 Å². The van der Waals surface area contributed by atoms with Crippen LogP contribution >= 0.6 is 0 Å². The molecule has 0 aliphatic heterocycles. The van der Waals surface area contributed by atoms with Gasteiger partial charge < -0.3 is 9.13 Å². The van der Waals surface area contributed by atoms with Gasteiger partial charge >= 0.3 is 0 Å². The fourth-order valence-electron chi connectivity index (χ4n) is 12.4. The third kappa shape index (κ3) is 11.0. The number of nitrogens with zero attached hydrogens (tertiary/aromatic N) is 6. The van der Waals surface area contributed by atoms with Gasteiger partial charge in [-0.3, -0.25) is 0 Å². The first-order chi connectivity index (χ1) is 41.3. The molecule has 12 aromatic rings. The van der Waals surface area contributed by atoms with Gasteiger partial charge in [0.05, 0.1) is 45.1 Å². The molecule has 6 nitrogen and oxygen atoms in total. The van der Waals surface area contributed by atoms with E-state index in [9.17, 15) is 5.26 Å². The van der Waals surface area contributed by atoms with Crippen LogP contribution in [0.15, 0.2) is 182 Å². The molecule has 0 saturated carbocycles. The van der Waals surface area contributed by atoms with Gasteiger partial charge in [0, 0.05) is 49.4 Å². The molecule has 0 saturated heterocycles. The summed E-state index contributed by atoms with van der Waals surface area (Å²) in [5.41, 5.74) is 20.6.